The second kappa shape index (κ2) is 4.58. The predicted octanol–water partition coefficient (Wildman–Crippen LogP) is 5.20. The molecular weight excluding hydrogens is 326 g/mol. The molecule has 0 amide bonds. The highest BCUT2D eigenvalue weighted by molar-refractivity contribution is 6.31. The van der Waals surface area contributed by atoms with Gasteiger partial charge in [0.25, 0.3) is 0 Å². The number of pyridine rings is 1. The first-order valence-corrected chi connectivity index (χ1v) is 7.85. The molecule has 0 aliphatic rings. The third-order valence-electron chi connectivity index (χ3n) is 4.31. The van der Waals surface area contributed by atoms with E-state index in [4.69, 9.17) is 20.4 Å². The van der Waals surface area contributed by atoms with E-state index >= 15 is 0 Å². The molecule has 2 aromatic carbocycles. The van der Waals surface area contributed by atoms with Crippen LogP contribution >= 0.6 is 11.6 Å². The third-order valence-corrected chi connectivity index (χ3v) is 4.54. The molecule has 0 fully saturated rings. The Morgan fingerprint density at radius 2 is 1.79 bits per heavy atom. The standard InChI is InChI=1S/C19H10ClNO3/c1-9-15-16(11-7-6-10(20)8-14(11)24-19(15)22)18-17(21-9)12-4-2-3-5-13(12)23-18/h2-8H,1H3. The zero-order chi connectivity index (χ0) is 16.4. The van der Waals surface area contributed by atoms with E-state index in [0.717, 1.165) is 27.3 Å². The van der Waals surface area contributed by atoms with E-state index in [1.54, 1.807) is 12.1 Å². The van der Waals surface area contributed by atoms with Crippen LogP contribution in [0.5, 0.6) is 0 Å². The second-order valence-corrected chi connectivity index (χ2v) is 6.19. The van der Waals surface area contributed by atoms with Crippen molar-refractivity contribution in [1.29, 1.82) is 0 Å². The minimum absolute atomic E-state index is 0.437. The van der Waals surface area contributed by atoms with Gasteiger partial charge in [0, 0.05) is 27.2 Å². The normalized spacial score (nSPS) is 11.9. The Kier molecular flexibility index (Phi) is 2.59. The minimum Gasteiger partial charge on any atom is -0.454 e. The number of aryl methyl sites for hydroxylation is 1. The van der Waals surface area contributed by atoms with Crippen LogP contribution in [-0.4, -0.2) is 4.98 Å². The van der Waals surface area contributed by atoms with Crippen molar-refractivity contribution in [3.63, 3.8) is 0 Å². The van der Waals surface area contributed by atoms with Crippen LogP contribution < -0.4 is 5.63 Å². The van der Waals surface area contributed by atoms with Crippen molar-refractivity contribution in [3.8, 4) is 0 Å². The lowest BCUT2D eigenvalue weighted by Crippen LogP contribution is -2.03. The van der Waals surface area contributed by atoms with Gasteiger partial charge in [0.1, 0.15) is 16.7 Å². The van der Waals surface area contributed by atoms with Crippen molar-refractivity contribution in [3.05, 3.63) is 63.6 Å². The van der Waals surface area contributed by atoms with E-state index in [1.807, 2.05) is 37.3 Å². The summed E-state index contributed by atoms with van der Waals surface area (Å²) in [6.45, 7) is 1.81. The van der Waals surface area contributed by atoms with Crippen LogP contribution in [0.15, 0.2) is 56.1 Å². The zero-order valence-corrected chi connectivity index (χ0v) is 13.3. The van der Waals surface area contributed by atoms with Crippen molar-refractivity contribution in [2.45, 2.75) is 6.92 Å². The molecule has 116 valence electrons. The largest absolute Gasteiger partial charge is 0.454 e. The van der Waals surface area contributed by atoms with Gasteiger partial charge in [-0.25, -0.2) is 9.78 Å². The highest BCUT2D eigenvalue weighted by Crippen LogP contribution is 2.36. The average Bonchev–Trinajstić information content (AvgIpc) is 2.92. The van der Waals surface area contributed by atoms with E-state index < -0.39 is 5.63 Å². The summed E-state index contributed by atoms with van der Waals surface area (Å²) in [4.78, 5) is 17.1. The Hall–Kier alpha value is -2.85. The van der Waals surface area contributed by atoms with Gasteiger partial charge in [-0.1, -0.05) is 23.7 Å². The van der Waals surface area contributed by atoms with Crippen molar-refractivity contribution >= 4 is 55.4 Å². The van der Waals surface area contributed by atoms with Crippen molar-refractivity contribution in [2.75, 3.05) is 0 Å². The molecule has 24 heavy (non-hydrogen) atoms. The maximum atomic E-state index is 12.5. The van der Waals surface area contributed by atoms with Crippen LogP contribution in [0.25, 0.3) is 43.8 Å². The van der Waals surface area contributed by atoms with Gasteiger partial charge in [0.05, 0.1) is 11.1 Å². The van der Waals surface area contributed by atoms with E-state index in [-0.39, 0.29) is 0 Å². The molecule has 0 atom stereocenters. The second-order valence-electron chi connectivity index (χ2n) is 5.75. The first-order valence-electron chi connectivity index (χ1n) is 7.47. The molecule has 0 spiro atoms. The maximum absolute atomic E-state index is 12.5. The molecule has 5 heteroatoms. The SMILES string of the molecule is Cc1nc2c3ccccc3oc2c2c1c(=O)oc1cc(Cl)ccc12. The number of aromatic nitrogens is 1. The molecule has 0 aliphatic heterocycles. The van der Waals surface area contributed by atoms with Gasteiger partial charge in [0.15, 0.2) is 5.58 Å². The summed E-state index contributed by atoms with van der Waals surface area (Å²) in [6.07, 6.45) is 0. The molecule has 0 radical (unpaired) electrons. The fourth-order valence-electron chi connectivity index (χ4n) is 3.28. The molecule has 0 saturated carbocycles. The van der Waals surface area contributed by atoms with Crippen molar-refractivity contribution < 1.29 is 8.83 Å². The fourth-order valence-corrected chi connectivity index (χ4v) is 3.44. The lowest BCUT2D eigenvalue weighted by atomic mass is 10.1. The average molecular weight is 336 g/mol. The number of halogens is 1. The Morgan fingerprint density at radius 3 is 2.67 bits per heavy atom. The molecule has 3 heterocycles. The predicted molar refractivity (Wildman–Crippen MR) is 94.8 cm³/mol. The molecule has 4 nitrogen and oxygen atoms in total. The third kappa shape index (κ3) is 1.69. The number of furan rings is 1. The smallest absolute Gasteiger partial charge is 0.346 e. The maximum Gasteiger partial charge on any atom is 0.346 e. The van der Waals surface area contributed by atoms with Crippen LogP contribution in [0.4, 0.5) is 0 Å². The molecule has 0 bridgehead atoms. The summed E-state index contributed by atoms with van der Waals surface area (Å²) >= 11 is 6.04. The van der Waals surface area contributed by atoms with Gasteiger partial charge in [-0.15, -0.1) is 0 Å². The Balaban J connectivity index is 2.18. The molecule has 0 unspecified atom stereocenters. The molecule has 0 aliphatic carbocycles. The monoisotopic (exact) mass is 335 g/mol. The van der Waals surface area contributed by atoms with Crippen LogP contribution in [0.3, 0.4) is 0 Å². The number of rotatable bonds is 0. The number of para-hydroxylation sites is 1. The minimum atomic E-state index is -0.438. The van der Waals surface area contributed by atoms with E-state index in [0.29, 0.717) is 27.3 Å². The molecular formula is C19H10ClNO3. The molecule has 5 rings (SSSR count). The lowest BCUT2D eigenvalue weighted by molar-refractivity contribution is 0.569. The Morgan fingerprint density at radius 1 is 0.958 bits per heavy atom. The molecule has 5 aromatic rings. The summed E-state index contributed by atoms with van der Waals surface area (Å²) in [5, 5.41) is 3.38. The highest BCUT2D eigenvalue weighted by atomic mass is 35.5. The number of nitrogens with zero attached hydrogens (tertiary/aromatic N) is 1. The first-order chi connectivity index (χ1) is 11.6. The fraction of sp³-hybridized carbons (Fsp3) is 0.0526. The quantitative estimate of drug-likeness (QED) is 0.288. The number of hydrogen-bond acceptors (Lipinski definition) is 4. The van der Waals surface area contributed by atoms with Crippen molar-refractivity contribution in [2.24, 2.45) is 0 Å². The Bertz CT molecular complexity index is 1350. The van der Waals surface area contributed by atoms with Crippen LogP contribution in [0.2, 0.25) is 5.02 Å². The summed E-state index contributed by atoms with van der Waals surface area (Å²) in [5.74, 6) is 0. The van der Waals surface area contributed by atoms with Crippen LogP contribution in [0, 0.1) is 6.92 Å². The highest BCUT2D eigenvalue weighted by Gasteiger charge is 2.19. The summed E-state index contributed by atoms with van der Waals surface area (Å²) < 4.78 is 11.5. The van der Waals surface area contributed by atoms with Gasteiger partial charge < -0.3 is 8.83 Å². The first kappa shape index (κ1) is 13.6. The Labute approximate surface area is 140 Å². The van der Waals surface area contributed by atoms with E-state index in [9.17, 15) is 4.79 Å². The van der Waals surface area contributed by atoms with Gasteiger partial charge in [-0.05, 0) is 31.2 Å². The van der Waals surface area contributed by atoms with Gasteiger partial charge >= 0.3 is 5.63 Å². The summed E-state index contributed by atoms with van der Waals surface area (Å²) in [6, 6.07) is 13.0. The van der Waals surface area contributed by atoms with Crippen molar-refractivity contribution in [1.82, 2.24) is 4.98 Å². The zero-order valence-electron chi connectivity index (χ0n) is 12.6. The lowest BCUT2D eigenvalue weighted by Gasteiger charge is -2.05. The summed E-state index contributed by atoms with van der Waals surface area (Å²) in [5.41, 5.74) is 2.70. The summed E-state index contributed by atoms with van der Waals surface area (Å²) in [7, 11) is 0. The van der Waals surface area contributed by atoms with E-state index in [2.05, 4.69) is 4.98 Å². The molecule has 0 saturated heterocycles. The van der Waals surface area contributed by atoms with Gasteiger partial charge in [-0.2, -0.15) is 0 Å². The number of hydrogen-bond donors (Lipinski definition) is 0. The van der Waals surface area contributed by atoms with Crippen LogP contribution in [0.1, 0.15) is 5.69 Å². The number of fused-ring (bicyclic) bond motifs is 7. The van der Waals surface area contributed by atoms with Crippen LogP contribution in [-0.2, 0) is 0 Å². The topological polar surface area (TPSA) is 56.2 Å². The molecule has 0 N–H and O–H groups in total. The van der Waals surface area contributed by atoms with Gasteiger partial charge in [0.2, 0.25) is 0 Å². The van der Waals surface area contributed by atoms with E-state index in [1.165, 1.54) is 0 Å². The van der Waals surface area contributed by atoms with Gasteiger partial charge in [-0.3, -0.25) is 0 Å². The molecule has 3 aromatic heterocycles. The number of benzene rings is 2.